The van der Waals surface area contributed by atoms with E-state index in [4.69, 9.17) is 0 Å². The van der Waals surface area contributed by atoms with E-state index < -0.39 is 0 Å². The zero-order chi connectivity index (χ0) is 15.4. The van der Waals surface area contributed by atoms with E-state index in [-0.39, 0.29) is 17.2 Å². The van der Waals surface area contributed by atoms with Crippen LogP contribution in [0, 0.1) is 0 Å². The number of benzene rings is 1. The van der Waals surface area contributed by atoms with Crippen molar-refractivity contribution >= 4 is 0 Å². The molecule has 1 unspecified atom stereocenters. The van der Waals surface area contributed by atoms with E-state index in [1.54, 1.807) is 18.5 Å². The van der Waals surface area contributed by atoms with Gasteiger partial charge in [-0.2, -0.15) is 15.4 Å². The maximum absolute atomic E-state index is 11.9. The van der Waals surface area contributed by atoms with Crippen LogP contribution < -0.4 is 5.56 Å². The Morgan fingerprint density at radius 1 is 1.18 bits per heavy atom. The molecule has 0 amide bonds. The molecule has 0 saturated carbocycles. The molecule has 0 fully saturated rings. The first kappa shape index (κ1) is 14.1. The Morgan fingerprint density at radius 2 is 2.00 bits per heavy atom. The molecule has 0 aliphatic heterocycles. The number of aryl methyl sites for hydroxylation is 1. The summed E-state index contributed by atoms with van der Waals surface area (Å²) in [5.74, 6) is -0.200. The van der Waals surface area contributed by atoms with Crippen molar-refractivity contribution in [1.82, 2.24) is 20.0 Å². The third kappa shape index (κ3) is 2.90. The van der Waals surface area contributed by atoms with E-state index in [0.717, 1.165) is 11.3 Å². The lowest BCUT2D eigenvalue weighted by atomic mass is 9.93. The van der Waals surface area contributed by atoms with Gasteiger partial charge in [0.1, 0.15) is 0 Å². The number of aromatic amines is 1. The quantitative estimate of drug-likeness (QED) is 0.753. The van der Waals surface area contributed by atoms with E-state index in [0.29, 0.717) is 13.0 Å². The fourth-order valence-electron chi connectivity index (χ4n) is 2.52. The SMILES string of the molecule is O=c1c(O)cccn1CCC(c1ccccc1)c1cn[nH]n1. The number of hydrogen-bond donors (Lipinski definition) is 2. The molecule has 0 aliphatic rings. The first-order valence-corrected chi connectivity index (χ1v) is 7.05. The summed E-state index contributed by atoms with van der Waals surface area (Å²) in [6, 6.07) is 13.0. The van der Waals surface area contributed by atoms with Gasteiger partial charge in [0.25, 0.3) is 5.56 Å². The molecule has 0 radical (unpaired) electrons. The number of pyridine rings is 1. The van der Waals surface area contributed by atoms with E-state index in [1.165, 1.54) is 10.6 Å². The first-order chi connectivity index (χ1) is 10.8. The molecule has 0 aliphatic carbocycles. The predicted molar refractivity (Wildman–Crippen MR) is 81.7 cm³/mol. The summed E-state index contributed by atoms with van der Waals surface area (Å²) in [6.07, 6.45) is 4.05. The number of nitrogens with one attached hydrogen (secondary N) is 1. The van der Waals surface area contributed by atoms with Crippen molar-refractivity contribution in [2.45, 2.75) is 18.9 Å². The van der Waals surface area contributed by atoms with Crippen LogP contribution in [0.2, 0.25) is 0 Å². The van der Waals surface area contributed by atoms with Crippen LogP contribution in [0.1, 0.15) is 23.6 Å². The molecule has 0 saturated heterocycles. The maximum Gasteiger partial charge on any atom is 0.292 e. The van der Waals surface area contributed by atoms with Crippen LogP contribution in [-0.4, -0.2) is 25.1 Å². The van der Waals surface area contributed by atoms with Gasteiger partial charge in [0.15, 0.2) is 5.75 Å². The molecule has 2 N–H and O–H groups in total. The van der Waals surface area contributed by atoms with Crippen LogP contribution in [0.4, 0.5) is 0 Å². The average Bonchev–Trinajstić information content (AvgIpc) is 3.07. The molecule has 6 heteroatoms. The number of hydrogen-bond acceptors (Lipinski definition) is 4. The van der Waals surface area contributed by atoms with Crippen molar-refractivity contribution in [2.24, 2.45) is 0 Å². The largest absolute Gasteiger partial charge is 0.503 e. The monoisotopic (exact) mass is 296 g/mol. The summed E-state index contributed by atoms with van der Waals surface area (Å²) < 4.78 is 1.51. The standard InChI is InChI=1S/C16H16N4O2/c21-15-7-4-9-20(16(15)22)10-8-13(14-11-17-19-18-14)12-5-2-1-3-6-12/h1-7,9,11,13,21H,8,10H2,(H,17,18,19). The van der Waals surface area contributed by atoms with E-state index in [9.17, 15) is 9.90 Å². The summed E-state index contributed by atoms with van der Waals surface area (Å²) >= 11 is 0. The molecule has 1 aromatic carbocycles. The van der Waals surface area contributed by atoms with Crippen LogP contribution in [-0.2, 0) is 6.54 Å². The summed E-state index contributed by atoms with van der Waals surface area (Å²) in [6.45, 7) is 0.486. The van der Waals surface area contributed by atoms with Gasteiger partial charge in [0.2, 0.25) is 0 Å². The topological polar surface area (TPSA) is 83.8 Å². The zero-order valence-electron chi connectivity index (χ0n) is 11.9. The molecule has 22 heavy (non-hydrogen) atoms. The third-order valence-electron chi connectivity index (χ3n) is 3.65. The van der Waals surface area contributed by atoms with Crippen LogP contribution in [0.15, 0.2) is 59.7 Å². The molecule has 2 heterocycles. The van der Waals surface area contributed by atoms with E-state index in [1.807, 2.05) is 30.3 Å². The minimum Gasteiger partial charge on any atom is -0.503 e. The number of aromatic hydroxyl groups is 1. The molecule has 0 spiro atoms. The fraction of sp³-hybridized carbons (Fsp3) is 0.188. The van der Waals surface area contributed by atoms with Crippen molar-refractivity contribution in [2.75, 3.05) is 0 Å². The van der Waals surface area contributed by atoms with Crippen molar-refractivity contribution < 1.29 is 5.11 Å². The lowest BCUT2D eigenvalue weighted by Gasteiger charge is -2.15. The minimum atomic E-state index is -0.380. The molecular formula is C16H16N4O2. The molecule has 3 aromatic rings. The molecule has 1 atom stereocenters. The van der Waals surface area contributed by atoms with Gasteiger partial charge >= 0.3 is 0 Å². The third-order valence-corrected chi connectivity index (χ3v) is 3.65. The minimum absolute atomic E-state index is 0.0363. The lowest BCUT2D eigenvalue weighted by molar-refractivity contribution is 0.453. The summed E-state index contributed by atoms with van der Waals surface area (Å²) in [5, 5.41) is 20.2. The average molecular weight is 296 g/mol. The summed E-state index contributed by atoms with van der Waals surface area (Å²) in [4.78, 5) is 11.9. The van der Waals surface area contributed by atoms with E-state index in [2.05, 4.69) is 15.4 Å². The number of nitrogens with zero attached hydrogens (tertiary/aromatic N) is 3. The highest BCUT2D eigenvalue weighted by atomic mass is 16.3. The molecule has 6 nitrogen and oxygen atoms in total. The van der Waals surface area contributed by atoms with Crippen molar-refractivity contribution in [1.29, 1.82) is 0 Å². The Kier molecular flexibility index (Phi) is 4.00. The fourth-order valence-corrected chi connectivity index (χ4v) is 2.52. The highest BCUT2D eigenvalue weighted by molar-refractivity contribution is 5.26. The van der Waals surface area contributed by atoms with E-state index >= 15 is 0 Å². The molecular weight excluding hydrogens is 280 g/mol. The molecule has 2 aromatic heterocycles. The predicted octanol–water partition coefficient (Wildman–Crippen LogP) is 1.89. The van der Waals surface area contributed by atoms with Crippen molar-refractivity contribution in [3.8, 4) is 5.75 Å². The summed E-state index contributed by atoms with van der Waals surface area (Å²) in [5.41, 5.74) is 1.57. The Labute approximate surface area is 127 Å². The van der Waals surface area contributed by atoms with Crippen molar-refractivity contribution in [3.05, 3.63) is 76.5 Å². The Hall–Kier alpha value is -2.89. The van der Waals surface area contributed by atoms with Crippen LogP contribution in [0.3, 0.4) is 0 Å². The Bertz CT molecular complexity index is 781. The van der Waals surface area contributed by atoms with Gasteiger partial charge < -0.3 is 9.67 Å². The lowest BCUT2D eigenvalue weighted by Crippen LogP contribution is -2.20. The molecule has 112 valence electrons. The normalized spacial score (nSPS) is 12.2. The second kappa shape index (κ2) is 6.26. The van der Waals surface area contributed by atoms with Gasteiger partial charge in [-0.15, -0.1) is 0 Å². The zero-order valence-corrected chi connectivity index (χ0v) is 11.9. The van der Waals surface area contributed by atoms with Gasteiger partial charge in [-0.05, 0) is 24.1 Å². The van der Waals surface area contributed by atoms with Crippen molar-refractivity contribution in [3.63, 3.8) is 0 Å². The number of aromatic nitrogens is 4. The van der Waals surface area contributed by atoms with Crippen LogP contribution >= 0.6 is 0 Å². The van der Waals surface area contributed by atoms with Gasteiger partial charge in [-0.3, -0.25) is 4.79 Å². The van der Waals surface area contributed by atoms with Crippen LogP contribution in [0.25, 0.3) is 0 Å². The van der Waals surface area contributed by atoms with Gasteiger partial charge in [0.05, 0.1) is 11.9 Å². The Morgan fingerprint density at radius 3 is 2.73 bits per heavy atom. The maximum atomic E-state index is 11.9. The highest BCUT2D eigenvalue weighted by Crippen LogP contribution is 2.26. The highest BCUT2D eigenvalue weighted by Gasteiger charge is 2.17. The summed E-state index contributed by atoms with van der Waals surface area (Å²) in [7, 11) is 0. The second-order valence-corrected chi connectivity index (χ2v) is 5.04. The molecule has 0 bridgehead atoms. The first-order valence-electron chi connectivity index (χ1n) is 7.05. The van der Waals surface area contributed by atoms with Crippen LogP contribution in [0.5, 0.6) is 5.75 Å². The number of rotatable bonds is 5. The van der Waals surface area contributed by atoms with Gasteiger partial charge in [-0.1, -0.05) is 30.3 Å². The number of H-pyrrole nitrogens is 1. The second-order valence-electron chi connectivity index (χ2n) is 5.04. The smallest absolute Gasteiger partial charge is 0.292 e. The van der Waals surface area contributed by atoms with Gasteiger partial charge in [-0.25, -0.2) is 0 Å². The van der Waals surface area contributed by atoms with Gasteiger partial charge in [0, 0.05) is 18.7 Å². The molecule has 3 rings (SSSR count). The Balaban J connectivity index is 1.85.